The Morgan fingerprint density at radius 3 is 2.44 bits per heavy atom. The summed E-state index contributed by atoms with van der Waals surface area (Å²) in [5.41, 5.74) is 1.08. The van der Waals surface area contributed by atoms with Crippen LogP contribution >= 0.6 is 0 Å². The Bertz CT molecular complexity index is 622. The van der Waals surface area contributed by atoms with E-state index >= 15 is 0 Å². The Morgan fingerprint density at radius 1 is 1.12 bits per heavy atom. The zero-order valence-electron chi connectivity index (χ0n) is 15.4. The van der Waals surface area contributed by atoms with Crippen LogP contribution in [0.2, 0.25) is 0 Å². The van der Waals surface area contributed by atoms with E-state index in [-0.39, 0.29) is 12.0 Å². The molecule has 0 spiro atoms. The Labute approximate surface area is 150 Å². The molecule has 0 bridgehead atoms. The molecule has 1 aliphatic carbocycles. The molecular formula is C20H28N2O3. The first kappa shape index (κ1) is 17.6. The van der Waals surface area contributed by atoms with Crippen molar-refractivity contribution < 1.29 is 14.3 Å². The van der Waals surface area contributed by atoms with Crippen LogP contribution in [-0.2, 0) is 4.79 Å². The lowest BCUT2D eigenvalue weighted by Gasteiger charge is -2.29. The van der Waals surface area contributed by atoms with E-state index in [1.807, 2.05) is 30.1 Å². The van der Waals surface area contributed by atoms with Crippen LogP contribution in [0, 0.1) is 5.92 Å². The molecule has 1 aliphatic heterocycles. The van der Waals surface area contributed by atoms with Gasteiger partial charge in [0, 0.05) is 49.9 Å². The van der Waals surface area contributed by atoms with Crippen LogP contribution in [0.4, 0.5) is 5.69 Å². The molecule has 1 saturated heterocycles. The molecule has 25 heavy (non-hydrogen) atoms. The normalized spacial score (nSPS) is 22.8. The van der Waals surface area contributed by atoms with Crippen LogP contribution < -0.4 is 14.4 Å². The second kappa shape index (κ2) is 7.81. The van der Waals surface area contributed by atoms with E-state index in [0.29, 0.717) is 5.91 Å². The summed E-state index contributed by atoms with van der Waals surface area (Å²) in [5, 5.41) is 0. The van der Waals surface area contributed by atoms with E-state index in [4.69, 9.17) is 9.47 Å². The molecule has 136 valence electrons. The number of hydrogen-bond acceptors (Lipinski definition) is 4. The molecular weight excluding hydrogens is 316 g/mol. The summed E-state index contributed by atoms with van der Waals surface area (Å²) in [7, 11) is 5.29. The molecule has 5 nitrogen and oxygen atoms in total. The number of anilines is 1. The van der Waals surface area contributed by atoms with Crippen LogP contribution in [0.25, 0.3) is 0 Å². The summed E-state index contributed by atoms with van der Waals surface area (Å²) in [5.74, 6) is 2.02. The van der Waals surface area contributed by atoms with E-state index in [1.54, 1.807) is 14.2 Å². The van der Waals surface area contributed by atoms with Crippen molar-refractivity contribution >= 4 is 11.6 Å². The predicted octanol–water partition coefficient (Wildman–Crippen LogP) is 3.10. The minimum Gasteiger partial charge on any atom is -0.497 e. The quantitative estimate of drug-likeness (QED) is 0.770. The highest BCUT2D eigenvalue weighted by Gasteiger charge is 2.32. The Balaban J connectivity index is 1.66. The largest absolute Gasteiger partial charge is 0.497 e. The number of likely N-dealkylation sites (N-methyl/N-ethyl adjacent to an activating group) is 1. The lowest BCUT2D eigenvalue weighted by Crippen LogP contribution is -2.42. The van der Waals surface area contributed by atoms with Crippen molar-refractivity contribution in [3.8, 4) is 11.5 Å². The molecule has 2 aliphatic rings. The fraction of sp³-hybridized carbons (Fsp3) is 0.550. The molecule has 1 amide bonds. The second-order valence-corrected chi connectivity index (χ2v) is 6.89. The SMILES string of the molecule is COc1cc(OC)cc(N2CCC(N(C)C(=O)C3CC=CCC3)C2)c1. The van der Waals surface area contributed by atoms with Gasteiger partial charge in [-0.25, -0.2) is 0 Å². The summed E-state index contributed by atoms with van der Waals surface area (Å²) in [6.07, 6.45) is 8.19. The van der Waals surface area contributed by atoms with Crippen LogP contribution in [0.3, 0.4) is 0 Å². The predicted molar refractivity (Wildman–Crippen MR) is 99.4 cm³/mol. The number of hydrogen-bond donors (Lipinski definition) is 0. The van der Waals surface area contributed by atoms with Crippen molar-refractivity contribution in [2.24, 2.45) is 5.92 Å². The van der Waals surface area contributed by atoms with Gasteiger partial charge in [-0.15, -0.1) is 0 Å². The molecule has 0 aromatic heterocycles. The van der Waals surface area contributed by atoms with Gasteiger partial charge >= 0.3 is 0 Å². The smallest absolute Gasteiger partial charge is 0.226 e. The summed E-state index contributed by atoms with van der Waals surface area (Å²) in [6, 6.07) is 6.19. The average molecular weight is 344 g/mol. The molecule has 1 aromatic carbocycles. The number of carbonyl (C=O) groups excluding carboxylic acids is 1. The van der Waals surface area contributed by atoms with Gasteiger partial charge in [0.2, 0.25) is 5.91 Å². The maximum absolute atomic E-state index is 12.8. The maximum atomic E-state index is 12.8. The summed E-state index contributed by atoms with van der Waals surface area (Å²) < 4.78 is 10.7. The number of methoxy groups -OCH3 is 2. The van der Waals surface area contributed by atoms with Crippen molar-refractivity contribution in [1.29, 1.82) is 0 Å². The third-order valence-corrected chi connectivity index (χ3v) is 5.38. The fourth-order valence-electron chi connectivity index (χ4n) is 3.75. The number of amides is 1. The number of carbonyl (C=O) groups is 1. The van der Waals surface area contributed by atoms with E-state index in [0.717, 1.165) is 56.0 Å². The topological polar surface area (TPSA) is 42.0 Å². The number of ether oxygens (including phenoxy) is 2. The standard InChI is InChI=1S/C20H28N2O3/c1-21(20(23)15-7-5-4-6-8-15)16-9-10-22(14-16)17-11-18(24-2)13-19(12-17)25-3/h4-5,11-13,15-16H,6-10,14H2,1-3H3. The third-order valence-electron chi connectivity index (χ3n) is 5.38. The van der Waals surface area contributed by atoms with Crippen molar-refractivity contribution in [2.75, 3.05) is 39.3 Å². The number of benzene rings is 1. The van der Waals surface area contributed by atoms with Gasteiger partial charge in [-0.1, -0.05) is 12.2 Å². The zero-order valence-corrected chi connectivity index (χ0v) is 15.4. The van der Waals surface area contributed by atoms with Gasteiger partial charge in [0.25, 0.3) is 0 Å². The lowest BCUT2D eigenvalue weighted by atomic mass is 9.93. The van der Waals surface area contributed by atoms with Crippen molar-refractivity contribution in [3.05, 3.63) is 30.4 Å². The van der Waals surface area contributed by atoms with Crippen molar-refractivity contribution in [3.63, 3.8) is 0 Å². The fourth-order valence-corrected chi connectivity index (χ4v) is 3.75. The van der Waals surface area contributed by atoms with Gasteiger partial charge in [-0.2, -0.15) is 0 Å². The molecule has 1 aromatic rings. The summed E-state index contributed by atoms with van der Waals surface area (Å²) in [6.45, 7) is 1.78. The maximum Gasteiger partial charge on any atom is 0.226 e. The van der Waals surface area contributed by atoms with Gasteiger partial charge < -0.3 is 19.3 Å². The Hall–Kier alpha value is -2.17. The minimum absolute atomic E-state index is 0.154. The Kier molecular flexibility index (Phi) is 5.51. The van der Waals surface area contributed by atoms with E-state index in [9.17, 15) is 4.79 Å². The monoisotopic (exact) mass is 344 g/mol. The lowest BCUT2D eigenvalue weighted by molar-refractivity contribution is -0.136. The molecule has 5 heteroatoms. The summed E-state index contributed by atoms with van der Waals surface area (Å²) >= 11 is 0. The van der Waals surface area contributed by atoms with Gasteiger partial charge in [-0.3, -0.25) is 4.79 Å². The highest BCUT2D eigenvalue weighted by Crippen LogP contribution is 2.31. The van der Waals surface area contributed by atoms with Gasteiger partial charge in [-0.05, 0) is 25.7 Å². The molecule has 2 atom stereocenters. The van der Waals surface area contributed by atoms with Crippen LogP contribution in [0.5, 0.6) is 11.5 Å². The first-order chi connectivity index (χ1) is 12.1. The average Bonchev–Trinajstić information content (AvgIpc) is 3.17. The number of rotatable bonds is 5. The molecule has 0 saturated carbocycles. The Morgan fingerprint density at radius 2 is 1.84 bits per heavy atom. The zero-order chi connectivity index (χ0) is 17.8. The number of allylic oxidation sites excluding steroid dienone is 2. The highest BCUT2D eigenvalue weighted by molar-refractivity contribution is 5.79. The molecule has 1 fully saturated rings. The summed E-state index contributed by atoms with van der Waals surface area (Å²) in [4.78, 5) is 17.0. The third kappa shape index (κ3) is 3.91. The molecule has 2 unspecified atom stereocenters. The molecule has 1 heterocycles. The van der Waals surface area contributed by atoms with E-state index < -0.39 is 0 Å². The first-order valence-corrected chi connectivity index (χ1v) is 9.02. The van der Waals surface area contributed by atoms with Crippen molar-refractivity contribution in [2.45, 2.75) is 31.7 Å². The van der Waals surface area contributed by atoms with E-state index in [1.165, 1.54) is 0 Å². The van der Waals surface area contributed by atoms with Crippen LogP contribution in [0.15, 0.2) is 30.4 Å². The second-order valence-electron chi connectivity index (χ2n) is 6.89. The van der Waals surface area contributed by atoms with Gasteiger partial charge in [0.15, 0.2) is 0 Å². The molecule has 0 N–H and O–H groups in total. The van der Waals surface area contributed by atoms with Crippen molar-refractivity contribution in [1.82, 2.24) is 4.90 Å². The van der Waals surface area contributed by atoms with E-state index in [2.05, 4.69) is 17.1 Å². The highest BCUT2D eigenvalue weighted by atomic mass is 16.5. The first-order valence-electron chi connectivity index (χ1n) is 9.02. The van der Waals surface area contributed by atoms with Crippen LogP contribution in [0.1, 0.15) is 25.7 Å². The minimum atomic E-state index is 0.154. The molecule has 0 radical (unpaired) electrons. The van der Waals surface area contributed by atoms with Gasteiger partial charge in [0.1, 0.15) is 11.5 Å². The van der Waals surface area contributed by atoms with Crippen LogP contribution in [-0.4, -0.2) is 51.2 Å². The number of nitrogens with zero attached hydrogens (tertiary/aromatic N) is 2. The molecule has 3 rings (SSSR count). The van der Waals surface area contributed by atoms with Gasteiger partial charge in [0.05, 0.1) is 20.3 Å².